The molecule has 1 unspecified atom stereocenters. The minimum absolute atomic E-state index is 0.00435. The maximum Gasteiger partial charge on any atom is 0.218 e. The lowest BCUT2D eigenvalue weighted by molar-refractivity contribution is 0.704. The second-order valence-electron chi connectivity index (χ2n) is 3.65. The highest BCUT2D eigenvalue weighted by Gasteiger charge is 2.17. The van der Waals surface area contributed by atoms with Gasteiger partial charge in [0.05, 0.1) is 5.92 Å². The van der Waals surface area contributed by atoms with Crippen LogP contribution in [0, 0.1) is 0 Å². The molecule has 1 aromatic heterocycles. The maximum atomic E-state index is 5.77. The third-order valence-corrected chi connectivity index (χ3v) is 2.56. The first-order chi connectivity index (χ1) is 7.72. The fourth-order valence-electron chi connectivity index (χ4n) is 1.64. The Morgan fingerprint density at radius 1 is 1.31 bits per heavy atom. The van der Waals surface area contributed by atoms with E-state index in [1.165, 1.54) is 0 Å². The molecule has 16 heavy (non-hydrogen) atoms. The molecule has 5 heteroatoms. The van der Waals surface area contributed by atoms with Gasteiger partial charge in [0, 0.05) is 13.6 Å². The van der Waals surface area contributed by atoms with E-state index in [0.29, 0.717) is 18.3 Å². The minimum atomic E-state index is 0.00435. The second-order valence-corrected chi connectivity index (χ2v) is 3.65. The van der Waals surface area contributed by atoms with Crippen LogP contribution in [0.5, 0.6) is 0 Å². The number of aryl methyl sites for hydroxylation is 1. The topological polar surface area (TPSA) is 82.8 Å². The fourth-order valence-corrected chi connectivity index (χ4v) is 1.64. The van der Waals surface area contributed by atoms with Crippen molar-refractivity contribution in [2.75, 3.05) is 12.3 Å². The molecule has 0 aliphatic heterocycles. The van der Waals surface area contributed by atoms with Crippen molar-refractivity contribution in [3.05, 3.63) is 41.7 Å². The van der Waals surface area contributed by atoms with Crippen LogP contribution >= 0.6 is 0 Å². The van der Waals surface area contributed by atoms with E-state index in [2.05, 4.69) is 10.1 Å². The highest BCUT2D eigenvalue weighted by atomic mass is 15.4. The van der Waals surface area contributed by atoms with Crippen molar-refractivity contribution in [3.63, 3.8) is 0 Å². The van der Waals surface area contributed by atoms with Crippen molar-refractivity contribution in [2.24, 2.45) is 12.8 Å². The lowest BCUT2D eigenvalue weighted by Crippen LogP contribution is -2.15. The molecule has 0 spiro atoms. The number of nitrogen functional groups attached to an aromatic ring is 1. The van der Waals surface area contributed by atoms with Gasteiger partial charge >= 0.3 is 0 Å². The van der Waals surface area contributed by atoms with Crippen molar-refractivity contribution in [2.45, 2.75) is 5.92 Å². The molecule has 0 fully saturated rings. The average Bonchev–Trinajstić information content (AvgIpc) is 2.61. The van der Waals surface area contributed by atoms with Crippen LogP contribution in [0.25, 0.3) is 0 Å². The highest BCUT2D eigenvalue weighted by molar-refractivity contribution is 5.28. The standard InChI is InChI=1S/C11H15N5/c1-16-11(13)14-10(15-16)9(7-12)8-5-3-2-4-6-8/h2-6,9H,7,12H2,1H3,(H2,13,14,15). The smallest absolute Gasteiger partial charge is 0.218 e. The Bertz CT molecular complexity index is 443. The summed E-state index contributed by atoms with van der Waals surface area (Å²) in [6.07, 6.45) is 0. The Hall–Kier alpha value is -1.88. The molecule has 5 nitrogen and oxygen atoms in total. The summed E-state index contributed by atoms with van der Waals surface area (Å²) in [5.41, 5.74) is 12.5. The van der Waals surface area contributed by atoms with Crippen LogP contribution in [0.4, 0.5) is 5.95 Å². The van der Waals surface area contributed by atoms with Crippen molar-refractivity contribution < 1.29 is 0 Å². The lowest BCUT2D eigenvalue weighted by atomic mass is 9.99. The monoisotopic (exact) mass is 217 g/mol. The van der Waals surface area contributed by atoms with Crippen molar-refractivity contribution in [3.8, 4) is 0 Å². The third-order valence-electron chi connectivity index (χ3n) is 2.56. The van der Waals surface area contributed by atoms with E-state index in [1.807, 2.05) is 30.3 Å². The van der Waals surface area contributed by atoms with E-state index in [9.17, 15) is 0 Å². The van der Waals surface area contributed by atoms with E-state index in [1.54, 1.807) is 11.7 Å². The minimum Gasteiger partial charge on any atom is -0.368 e. The van der Waals surface area contributed by atoms with Crippen LogP contribution in [-0.4, -0.2) is 21.3 Å². The summed E-state index contributed by atoms with van der Waals surface area (Å²) in [5, 5.41) is 4.26. The third kappa shape index (κ3) is 1.90. The molecule has 0 saturated carbocycles. The molecule has 2 rings (SSSR count). The first kappa shape index (κ1) is 10.6. The zero-order valence-corrected chi connectivity index (χ0v) is 9.17. The molecule has 0 aliphatic carbocycles. The van der Waals surface area contributed by atoms with Crippen molar-refractivity contribution >= 4 is 5.95 Å². The molecule has 1 atom stereocenters. The van der Waals surface area contributed by atoms with Gasteiger partial charge in [-0.3, -0.25) is 0 Å². The molecule has 0 amide bonds. The molecule has 1 aromatic carbocycles. The van der Waals surface area contributed by atoms with Gasteiger partial charge < -0.3 is 11.5 Å². The average molecular weight is 217 g/mol. The zero-order chi connectivity index (χ0) is 11.5. The summed E-state index contributed by atoms with van der Waals surface area (Å²) in [6.45, 7) is 0.466. The molecule has 1 heterocycles. The number of hydrogen-bond donors (Lipinski definition) is 2. The van der Waals surface area contributed by atoms with Gasteiger partial charge in [-0.1, -0.05) is 30.3 Å². The maximum absolute atomic E-state index is 5.77. The van der Waals surface area contributed by atoms with Gasteiger partial charge in [-0.2, -0.15) is 10.1 Å². The zero-order valence-electron chi connectivity index (χ0n) is 9.17. The summed E-state index contributed by atoms with van der Waals surface area (Å²) >= 11 is 0. The van der Waals surface area contributed by atoms with Crippen LogP contribution in [0.3, 0.4) is 0 Å². The van der Waals surface area contributed by atoms with Crippen LogP contribution < -0.4 is 11.5 Å². The molecule has 0 aliphatic rings. The van der Waals surface area contributed by atoms with E-state index >= 15 is 0 Å². The van der Waals surface area contributed by atoms with Gasteiger partial charge in [-0.15, -0.1) is 0 Å². The van der Waals surface area contributed by atoms with Crippen LogP contribution in [-0.2, 0) is 7.05 Å². The SMILES string of the molecule is Cn1nc(C(CN)c2ccccc2)nc1N. The molecule has 0 radical (unpaired) electrons. The summed E-state index contributed by atoms with van der Waals surface area (Å²) in [5.74, 6) is 1.09. The quantitative estimate of drug-likeness (QED) is 0.783. The van der Waals surface area contributed by atoms with Crippen LogP contribution in [0.15, 0.2) is 30.3 Å². The molecule has 4 N–H and O–H groups in total. The van der Waals surface area contributed by atoms with Gasteiger partial charge in [0.2, 0.25) is 5.95 Å². The summed E-state index contributed by atoms with van der Waals surface area (Å²) < 4.78 is 1.56. The number of rotatable bonds is 3. The van der Waals surface area contributed by atoms with E-state index in [-0.39, 0.29) is 5.92 Å². The summed E-state index contributed by atoms with van der Waals surface area (Å²) in [4.78, 5) is 4.21. The van der Waals surface area contributed by atoms with Gasteiger partial charge in [-0.25, -0.2) is 4.68 Å². The Balaban J connectivity index is 2.37. The normalized spacial score (nSPS) is 12.6. The summed E-state index contributed by atoms with van der Waals surface area (Å²) in [6, 6.07) is 9.96. The Labute approximate surface area is 94.1 Å². The first-order valence-corrected chi connectivity index (χ1v) is 5.13. The number of aromatic nitrogens is 3. The van der Waals surface area contributed by atoms with E-state index in [0.717, 1.165) is 5.56 Å². The largest absolute Gasteiger partial charge is 0.368 e. The van der Waals surface area contributed by atoms with Crippen molar-refractivity contribution in [1.29, 1.82) is 0 Å². The molecule has 2 aromatic rings. The van der Waals surface area contributed by atoms with E-state index < -0.39 is 0 Å². The fraction of sp³-hybridized carbons (Fsp3) is 0.273. The Kier molecular flexibility index (Phi) is 2.87. The van der Waals surface area contributed by atoms with E-state index in [4.69, 9.17) is 11.5 Å². The predicted octanol–water partition coefficient (Wildman–Crippen LogP) is 0.488. The number of anilines is 1. The van der Waals surface area contributed by atoms with Gasteiger partial charge in [0.15, 0.2) is 5.82 Å². The molecule has 0 saturated heterocycles. The van der Waals surface area contributed by atoms with Crippen LogP contribution in [0.1, 0.15) is 17.3 Å². The van der Waals surface area contributed by atoms with Gasteiger partial charge in [0.25, 0.3) is 0 Å². The highest BCUT2D eigenvalue weighted by Crippen LogP contribution is 2.20. The Morgan fingerprint density at radius 2 is 2.00 bits per heavy atom. The molecule has 0 bridgehead atoms. The first-order valence-electron chi connectivity index (χ1n) is 5.13. The lowest BCUT2D eigenvalue weighted by Gasteiger charge is -2.10. The van der Waals surface area contributed by atoms with Gasteiger partial charge in [-0.05, 0) is 5.56 Å². The number of benzene rings is 1. The predicted molar refractivity (Wildman–Crippen MR) is 62.8 cm³/mol. The molecular formula is C11H15N5. The Morgan fingerprint density at radius 3 is 2.50 bits per heavy atom. The van der Waals surface area contributed by atoms with Gasteiger partial charge in [0.1, 0.15) is 0 Å². The molecule has 84 valence electrons. The number of nitrogens with two attached hydrogens (primary N) is 2. The van der Waals surface area contributed by atoms with Crippen molar-refractivity contribution in [1.82, 2.24) is 14.8 Å². The second kappa shape index (κ2) is 4.32. The number of hydrogen-bond acceptors (Lipinski definition) is 4. The van der Waals surface area contributed by atoms with Crippen LogP contribution in [0.2, 0.25) is 0 Å². The number of nitrogens with zero attached hydrogens (tertiary/aromatic N) is 3. The molecular weight excluding hydrogens is 202 g/mol. The summed E-state index contributed by atoms with van der Waals surface area (Å²) in [7, 11) is 1.77.